The van der Waals surface area contributed by atoms with Gasteiger partial charge in [0.2, 0.25) is 0 Å². The fourth-order valence-corrected chi connectivity index (χ4v) is 3.97. The van der Waals surface area contributed by atoms with Crippen LogP contribution in [0.4, 0.5) is 0 Å². The van der Waals surface area contributed by atoms with Crippen molar-refractivity contribution in [2.24, 2.45) is 0 Å². The largest absolute Gasteiger partial charge is 0.508 e. The predicted octanol–water partition coefficient (Wildman–Crippen LogP) is 4.07. The molecule has 4 rings (SSSR count). The summed E-state index contributed by atoms with van der Waals surface area (Å²) >= 11 is 0. The van der Waals surface area contributed by atoms with Crippen LogP contribution < -0.4 is 4.74 Å². The molecular weight excluding hydrogens is 406 g/mol. The number of aliphatic hydroxyl groups is 1. The predicted molar refractivity (Wildman–Crippen MR) is 120 cm³/mol. The van der Waals surface area contributed by atoms with E-state index >= 15 is 0 Å². The number of amides is 1. The van der Waals surface area contributed by atoms with Crippen molar-refractivity contribution >= 4 is 17.4 Å². The minimum atomic E-state index is -0.822. The number of likely N-dealkylation sites (tertiary alicyclic amines) is 1. The van der Waals surface area contributed by atoms with Crippen LogP contribution in [0.5, 0.6) is 11.5 Å². The van der Waals surface area contributed by atoms with Crippen molar-refractivity contribution in [2.75, 3.05) is 13.7 Å². The average molecular weight is 429 g/mol. The zero-order chi connectivity index (χ0) is 22.7. The van der Waals surface area contributed by atoms with Crippen LogP contribution in [0, 0.1) is 0 Å². The molecule has 1 aliphatic rings. The summed E-state index contributed by atoms with van der Waals surface area (Å²) in [6, 6.07) is 21.9. The number of Topliss-reactive ketones (excluding diaryl/α,β-unsaturated/α-hetero) is 1. The molecule has 0 aromatic heterocycles. The molecule has 3 aromatic carbocycles. The number of methoxy groups -OCH3 is 1. The molecule has 1 atom stereocenters. The minimum Gasteiger partial charge on any atom is -0.508 e. The lowest BCUT2D eigenvalue weighted by atomic mass is 9.95. The van der Waals surface area contributed by atoms with E-state index < -0.39 is 17.7 Å². The molecule has 1 unspecified atom stereocenters. The number of phenolic OH excluding ortho intramolecular Hbond substituents is 1. The Hall–Kier alpha value is -4.06. The van der Waals surface area contributed by atoms with Crippen molar-refractivity contribution in [3.05, 3.63) is 101 Å². The third-order valence-electron chi connectivity index (χ3n) is 5.55. The monoisotopic (exact) mass is 429 g/mol. The highest BCUT2D eigenvalue weighted by Crippen LogP contribution is 2.40. The summed E-state index contributed by atoms with van der Waals surface area (Å²) in [4.78, 5) is 27.5. The first-order chi connectivity index (χ1) is 15.5. The van der Waals surface area contributed by atoms with Crippen LogP contribution in [-0.4, -0.2) is 40.5 Å². The maximum Gasteiger partial charge on any atom is 0.295 e. The molecule has 1 saturated heterocycles. The molecule has 0 saturated carbocycles. The van der Waals surface area contributed by atoms with Crippen molar-refractivity contribution in [3.63, 3.8) is 0 Å². The van der Waals surface area contributed by atoms with E-state index in [2.05, 4.69) is 0 Å². The fraction of sp³-hybridized carbons (Fsp3) is 0.154. The Bertz CT molecular complexity index is 1190. The molecule has 0 radical (unpaired) electrons. The van der Waals surface area contributed by atoms with Crippen LogP contribution in [0.15, 0.2) is 84.4 Å². The van der Waals surface area contributed by atoms with Gasteiger partial charge in [0.25, 0.3) is 11.7 Å². The summed E-state index contributed by atoms with van der Waals surface area (Å²) in [5.74, 6) is -1.19. The molecule has 3 aromatic rings. The summed E-state index contributed by atoms with van der Waals surface area (Å²) in [6.45, 7) is 0.282. The molecule has 0 spiro atoms. The van der Waals surface area contributed by atoms with Gasteiger partial charge in [-0.15, -0.1) is 0 Å². The molecule has 162 valence electrons. The summed E-state index contributed by atoms with van der Waals surface area (Å²) < 4.78 is 5.22. The number of carbonyl (C=O) groups is 2. The van der Waals surface area contributed by atoms with Gasteiger partial charge in [-0.25, -0.2) is 0 Å². The van der Waals surface area contributed by atoms with E-state index in [0.717, 1.165) is 5.56 Å². The van der Waals surface area contributed by atoms with Gasteiger partial charge < -0.3 is 19.8 Å². The first-order valence-corrected chi connectivity index (χ1v) is 10.3. The Labute approximate surface area is 186 Å². The van der Waals surface area contributed by atoms with E-state index in [-0.39, 0.29) is 23.6 Å². The van der Waals surface area contributed by atoms with Gasteiger partial charge >= 0.3 is 0 Å². The van der Waals surface area contributed by atoms with Gasteiger partial charge in [-0.05, 0) is 41.8 Å². The molecule has 6 nitrogen and oxygen atoms in total. The Morgan fingerprint density at radius 2 is 1.72 bits per heavy atom. The third kappa shape index (κ3) is 4.07. The second kappa shape index (κ2) is 8.98. The standard InChI is InChI=1S/C26H23NO5/c1-32-21-12-6-10-19(16-21)24(29)22-23(18-9-5-11-20(28)15-18)27(26(31)25(22)30)14-13-17-7-3-2-4-8-17/h2-12,15-16,23,28-29H,13-14H2,1H3/b24-22+. The molecular formula is C26H23NO5. The van der Waals surface area contributed by atoms with E-state index in [1.165, 1.54) is 24.1 Å². The maximum atomic E-state index is 13.1. The number of hydrogen-bond donors (Lipinski definition) is 2. The van der Waals surface area contributed by atoms with Crippen LogP contribution in [0.1, 0.15) is 22.7 Å². The number of phenols is 1. The van der Waals surface area contributed by atoms with Crippen molar-refractivity contribution < 1.29 is 24.5 Å². The lowest BCUT2D eigenvalue weighted by molar-refractivity contribution is -0.139. The summed E-state index contributed by atoms with van der Waals surface area (Å²) in [6.07, 6.45) is 0.544. The second-order valence-corrected chi connectivity index (χ2v) is 7.56. The maximum absolute atomic E-state index is 13.1. The zero-order valence-corrected chi connectivity index (χ0v) is 17.6. The van der Waals surface area contributed by atoms with Gasteiger partial charge in [0, 0.05) is 12.1 Å². The molecule has 1 heterocycles. The highest BCUT2D eigenvalue weighted by atomic mass is 16.5. The van der Waals surface area contributed by atoms with Crippen LogP contribution >= 0.6 is 0 Å². The first kappa shape index (κ1) is 21.2. The summed E-state index contributed by atoms with van der Waals surface area (Å²) in [5, 5.41) is 21.1. The number of nitrogens with zero attached hydrogens (tertiary/aromatic N) is 1. The number of benzene rings is 3. The molecule has 6 heteroatoms. The van der Waals surface area contributed by atoms with Gasteiger partial charge in [-0.2, -0.15) is 0 Å². The molecule has 32 heavy (non-hydrogen) atoms. The molecule has 0 aliphatic carbocycles. The lowest BCUT2D eigenvalue weighted by Gasteiger charge is -2.25. The Morgan fingerprint density at radius 3 is 2.44 bits per heavy atom. The Balaban J connectivity index is 1.80. The number of carbonyl (C=O) groups excluding carboxylic acids is 2. The van der Waals surface area contributed by atoms with Crippen molar-refractivity contribution in [1.29, 1.82) is 0 Å². The first-order valence-electron chi connectivity index (χ1n) is 10.3. The van der Waals surface area contributed by atoms with Gasteiger partial charge in [0.1, 0.15) is 17.3 Å². The minimum absolute atomic E-state index is 0.0116. The quantitative estimate of drug-likeness (QED) is 0.351. The third-order valence-corrected chi connectivity index (χ3v) is 5.55. The Kier molecular flexibility index (Phi) is 5.94. The number of aromatic hydroxyl groups is 1. The zero-order valence-electron chi connectivity index (χ0n) is 17.6. The van der Waals surface area contributed by atoms with Gasteiger partial charge in [0.15, 0.2) is 0 Å². The number of ether oxygens (including phenoxy) is 1. The topological polar surface area (TPSA) is 87.1 Å². The number of rotatable bonds is 6. The number of ketones is 1. The van der Waals surface area contributed by atoms with E-state index in [4.69, 9.17) is 4.74 Å². The smallest absolute Gasteiger partial charge is 0.295 e. The van der Waals surface area contributed by atoms with E-state index in [1.807, 2.05) is 30.3 Å². The van der Waals surface area contributed by atoms with E-state index in [0.29, 0.717) is 23.3 Å². The lowest BCUT2D eigenvalue weighted by Crippen LogP contribution is -2.31. The van der Waals surface area contributed by atoms with Crippen molar-refractivity contribution in [2.45, 2.75) is 12.5 Å². The van der Waals surface area contributed by atoms with Crippen LogP contribution in [-0.2, 0) is 16.0 Å². The average Bonchev–Trinajstić information content (AvgIpc) is 3.08. The Morgan fingerprint density at radius 1 is 0.969 bits per heavy atom. The molecule has 0 bridgehead atoms. The van der Waals surface area contributed by atoms with Gasteiger partial charge in [-0.3, -0.25) is 9.59 Å². The second-order valence-electron chi connectivity index (χ2n) is 7.56. The normalized spacial score (nSPS) is 17.5. The SMILES string of the molecule is COc1cccc(/C(O)=C2\C(=O)C(=O)N(CCc3ccccc3)C2c2cccc(O)c2)c1. The molecule has 2 N–H and O–H groups in total. The van der Waals surface area contributed by atoms with E-state index in [9.17, 15) is 19.8 Å². The van der Waals surface area contributed by atoms with E-state index in [1.54, 1.807) is 36.4 Å². The summed E-state index contributed by atoms with van der Waals surface area (Å²) in [7, 11) is 1.51. The van der Waals surface area contributed by atoms with Crippen molar-refractivity contribution in [1.82, 2.24) is 4.90 Å². The molecule has 1 amide bonds. The summed E-state index contributed by atoms with van der Waals surface area (Å²) in [5.41, 5.74) is 1.93. The van der Waals surface area contributed by atoms with Crippen LogP contribution in [0.2, 0.25) is 0 Å². The van der Waals surface area contributed by atoms with Gasteiger partial charge in [-0.1, -0.05) is 54.6 Å². The highest BCUT2D eigenvalue weighted by molar-refractivity contribution is 6.46. The molecule has 1 aliphatic heterocycles. The van der Waals surface area contributed by atoms with Crippen LogP contribution in [0.3, 0.4) is 0 Å². The van der Waals surface area contributed by atoms with Crippen molar-refractivity contribution in [3.8, 4) is 11.5 Å². The highest BCUT2D eigenvalue weighted by Gasteiger charge is 2.45. The van der Waals surface area contributed by atoms with Gasteiger partial charge in [0.05, 0.1) is 18.7 Å². The number of hydrogen-bond acceptors (Lipinski definition) is 5. The van der Waals surface area contributed by atoms with Crippen LogP contribution in [0.25, 0.3) is 5.76 Å². The molecule has 1 fully saturated rings. The fourth-order valence-electron chi connectivity index (χ4n) is 3.97. The number of aliphatic hydroxyl groups excluding tert-OH is 1.